The van der Waals surface area contributed by atoms with E-state index < -0.39 is 0 Å². The van der Waals surface area contributed by atoms with Gasteiger partial charge in [0.25, 0.3) is 0 Å². The lowest BCUT2D eigenvalue weighted by molar-refractivity contribution is -0.119. The average molecular weight is 246 g/mol. The van der Waals surface area contributed by atoms with Gasteiger partial charge in [-0.05, 0) is 31.3 Å². The number of likely N-dealkylation sites (N-methyl/N-ethyl adjacent to an activating group) is 2. The number of carbonyl (C=O) groups is 1. The second kappa shape index (κ2) is 6.62. The van der Waals surface area contributed by atoms with Crippen LogP contribution >= 0.6 is 0 Å². The van der Waals surface area contributed by atoms with Crippen molar-refractivity contribution in [2.24, 2.45) is 0 Å². The van der Waals surface area contributed by atoms with Crippen LogP contribution in [0.15, 0.2) is 24.3 Å². The monoisotopic (exact) mass is 246 g/mol. The number of rotatable bonds is 5. The van der Waals surface area contributed by atoms with Crippen molar-refractivity contribution in [1.82, 2.24) is 4.90 Å². The SMILES string of the molecule is CN(CCC#N)CC(=O)N(C)c1ccc(N)cc1. The molecule has 0 saturated carbocycles. The van der Waals surface area contributed by atoms with Crippen LogP contribution in [0.5, 0.6) is 0 Å². The summed E-state index contributed by atoms with van der Waals surface area (Å²) in [6, 6.07) is 9.20. The summed E-state index contributed by atoms with van der Waals surface area (Å²) in [7, 11) is 3.55. The minimum atomic E-state index is -0.0137. The molecule has 1 amide bonds. The number of nitrogens with two attached hydrogens (primary N) is 1. The summed E-state index contributed by atoms with van der Waals surface area (Å²) in [5, 5.41) is 8.48. The maximum atomic E-state index is 12.0. The Bertz CT molecular complexity index is 435. The summed E-state index contributed by atoms with van der Waals surface area (Å²) >= 11 is 0. The van der Waals surface area contributed by atoms with Gasteiger partial charge < -0.3 is 10.6 Å². The van der Waals surface area contributed by atoms with Crippen molar-refractivity contribution in [2.75, 3.05) is 37.8 Å². The molecular weight excluding hydrogens is 228 g/mol. The average Bonchev–Trinajstić information content (AvgIpc) is 2.36. The summed E-state index contributed by atoms with van der Waals surface area (Å²) in [5.41, 5.74) is 7.08. The molecule has 0 aliphatic rings. The second-order valence-corrected chi connectivity index (χ2v) is 4.19. The molecule has 1 rings (SSSR count). The fourth-order valence-corrected chi connectivity index (χ4v) is 1.50. The van der Waals surface area contributed by atoms with Gasteiger partial charge in [0.05, 0.1) is 12.6 Å². The zero-order valence-corrected chi connectivity index (χ0v) is 10.8. The number of anilines is 2. The Morgan fingerprint density at radius 3 is 2.50 bits per heavy atom. The Morgan fingerprint density at radius 2 is 1.94 bits per heavy atom. The Balaban J connectivity index is 2.56. The molecule has 5 heteroatoms. The maximum Gasteiger partial charge on any atom is 0.240 e. The minimum Gasteiger partial charge on any atom is -0.399 e. The molecule has 1 aromatic rings. The molecule has 0 bridgehead atoms. The van der Waals surface area contributed by atoms with Crippen molar-refractivity contribution < 1.29 is 4.79 Å². The van der Waals surface area contributed by atoms with Crippen LogP contribution in [0.1, 0.15) is 6.42 Å². The maximum absolute atomic E-state index is 12.0. The first kappa shape index (κ1) is 14.0. The molecule has 0 radical (unpaired) electrons. The van der Waals surface area contributed by atoms with Gasteiger partial charge in [0, 0.05) is 31.4 Å². The number of hydrogen-bond acceptors (Lipinski definition) is 4. The highest BCUT2D eigenvalue weighted by Gasteiger charge is 2.12. The van der Waals surface area contributed by atoms with Crippen molar-refractivity contribution in [2.45, 2.75) is 6.42 Å². The van der Waals surface area contributed by atoms with Gasteiger partial charge in [-0.25, -0.2) is 0 Å². The normalized spacial score (nSPS) is 10.1. The van der Waals surface area contributed by atoms with Gasteiger partial charge in [-0.2, -0.15) is 5.26 Å². The molecule has 18 heavy (non-hydrogen) atoms. The molecule has 1 aromatic carbocycles. The third kappa shape index (κ3) is 4.07. The molecule has 0 heterocycles. The summed E-state index contributed by atoms with van der Waals surface area (Å²) < 4.78 is 0. The molecule has 0 saturated heterocycles. The van der Waals surface area contributed by atoms with Gasteiger partial charge in [0.1, 0.15) is 0 Å². The highest BCUT2D eigenvalue weighted by Crippen LogP contribution is 2.14. The second-order valence-electron chi connectivity index (χ2n) is 4.19. The Hall–Kier alpha value is -2.06. The minimum absolute atomic E-state index is 0.0137. The molecule has 0 spiro atoms. The van der Waals surface area contributed by atoms with Crippen LogP contribution in [-0.4, -0.2) is 38.0 Å². The lowest BCUT2D eigenvalue weighted by Gasteiger charge is -2.21. The van der Waals surface area contributed by atoms with E-state index in [0.29, 0.717) is 25.2 Å². The number of carbonyl (C=O) groups excluding carboxylic acids is 1. The largest absolute Gasteiger partial charge is 0.399 e. The molecule has 0 aliphatic heterocycles. The van der Waals surface area contributed by atoms with Crippen LogP contribution in [0.3, 0.4) is 0 Å². The first-order valence-corrected chi connectivity index (χ1v) is 5.72. The Labute approximate surface area is 107 Å². The molecule has 2 N–H and O–H groups in total. The van der Waals surface area contributed by atoms with E-state index in [1.54, 1.807) is 24.1 Å². The summed E-state index contributed by atoms with van der Waals surface area (Å²) in [5.74, 6) is -0.0137. The molecule has 96 valence electrons. The van der Waals surface area contributed by atoms with E-state index in [1.807, 2.05) is 24.1 Å². The van der Waals surface area contributed by atoms with Crippen LogP contribution in [0, 0.1) is 11.3 Å². The number of benzene rings is 1. The molecule has 0 unspecified atom stereocenters. The first-order chi connectivity index (χ1) is 8.54. The number of amides is 1. The predicted molar refractivity (Wildman–Crippen MR) is 72.0 cm³/mol. The van der Waals surface area contributed by atoms with Crippen LogP contribution < -0.4 is 10.6 Å². The quantitative estimate of drug-likeness (QED) is 0.789. The van der Waals surface area contributed by atoms with Gasteiger partial charge >= 0.3 is 0 Å². The Kier molecular flexibility index (Phi) is 5.15. The summed E-state index contributed by atoms with van der Waals surface area (Å²) in [6.07, 6.45) is 0.426. The molecule has 0 fully saturated rings. The van der Waals surface area contributed by atoms with E-state index in [-0.39, 0.29) is 5.91 Å². The van der Waals surface area contributed by atoms with Gasteiger partial charge in [-0.15, -0.1) is 0 Å². The number of nitrogen functional groups attached to an aromatic ring is 1. The molecule has 0 aromatic heterocycles. The topological polar surface area (TPSA) is 73.4 Å². The summed E-state index contributed by atoms with van der Waals surface area (Å²) in [6.45, 7) is 0.889. The van der Waals surface area contributed by atoms with Crippen LogP contribution in [-0.2, 0) is 4.79 Å². The molecular formula is C13H18N4O. The van der Waals surface area contributed by atoms with E-state index >= 15 is 0 Å². The van der Waals surface area contributed by atoms with Crippen molar-refractivity contribution >= 4 is 17.3 Å². The third-order valence-electron chi connectivity index (χ3n) is 2.66. The fourth-order valence-electron chi connectivity index (χ4n) is 1.50. The highest BCUT2D eigenvalue weighted by molar-refractivity contribution is 5.94. The fraction of sp³-hybridized carbons (Fsp3) is 0.385. The van der Waals surface area contributed by atoms with Gasteiger partial charge in [-0.1, -0.05) is 0 Å². The molecule has 5 nitrogen and oxygen atoms in total. The van der Waals surface area contributed by atoms with Crippen molar-refractivity contribution in [1.29, 1.82) is 5.26 Å². The highest BCUT2D eigenvalue weighted by atomic mass is 16.2. The first-order valence-electron chi connectivity index (χ1n) is 5.72. The van der Waals surface area contributed by atoms with Crippen LogP contribution in [0.4, 0.5) is 11.4 Å². The molecule has 0 aliphatic carbocycles. The standard InChI is InChI=1S/C13H18N4O/c1-16(9-3-8-14)10-13(18)17(2)12-6-4-11(15)5-7-12/h4-7H,3,9-10,15H2,1-2H3. The van der Waals surface area contributed by atoms with E-state index in [0.717, 1.165) is 5.69 Å². The number of hydrogen-bond donors (Lipinski definition) is 1. The van der Waals surface area contributed by atoms with Gasteiger partial charge in [0.2, 0.25) is 5.91 Å². The zero-order chi connectivity index (χ0) is 13.5. The predicted octanol–water partition coefficient (Wildman–Crippen LogP) is 1.08. The smallest absolute Gasteiger partial charge is 0.240 e. The number of nitrogens with zero attached hydrogens (tertiary/aromatic N) is 3. The van der Waals surface area contributed by atoms with E-state index in [2.05, 4.69) is 6.07 Å². The van der Waals surface area contributed by atoms with Crippen molar-refractivity contribution in [3.63, 3.8) is 0 Å². The Morgan fingerprint density at radius 1 is 1.33 bits per heavy atom. The van der Waals surface area contributed by atoms with Gasteiger partial charge in [-0.3, -0.25) is 9.69 Å². The summed E-state index contributed by atoms with van der Waals surface area (Å²) in [4.78, 5) is 15.4. The van der Waals surface area contributed by atoms with Crippen LogP contribution in [0.2, 0.25) is 0 Å². The van der Waals surface area contributed by atoms with Crippen LogP contribution in [0.25, 0.3) is 0 Å². The lowest BCUT2D eigenvalue weighted by Crippen LogP contribution is -2.37. The van der Waals surface area contributed by atoms with Gasteiger partial charge in [0.15, 0.2) is 0 Å². The lowest BCUT2D eigenvalue weighted by atomic mass is 10.2. The number of nitriles is 1. The van der Waals surface area contributed by atoms with Crippen molar-refractivity contribution in [3.8, 4) is 6.07 Å². The van der Waals surface area contributed by atoms with E-state index in [1.165, 1.54) is 0 Å². The zero-order valence-electron chi connectivity index (χ0n) is 10.8. The third-order valence-corrected chi connectivity index (χ3v) is 2.66. The van der Waals surface area contributed by atoms with Crippen molar-refractivity contribution in [3.05, 3.63) is 24.3 Å². The van der Waals surface area contributed by atoms with E-state index in [4.69, 9.17) is 11.0 Å². The molecule has 0 atom stereocenters. The van der Waals surface area contributed by atoms with E-state index in [9.17, 15) is 4.79 Å².